The molecule has 1 saturated heterocycles. The number of nitrogens with zero attached hydrogens (tertiary/aromatic N) is 3. The largest absolute Gasteiger partial charge is 0.483 e. The topological polar surface area (TPSA) is 96.5 Å². The van der Waals surface area contributed by atoms with Gasteiger partial charge in [0.05, 0.1) is 23.9 Å². The predicted octanol–water partition coefficient (Wildman–Crippen LogP) is 8.89. The molecule has 1 fully saturated rings. The highest BCUT2D eigenvalue weighted by Gasteiger charge is 2.34. The molecule has 0 saturated carbocycles. The molecule has 1 aromatic heterocycles. The van der Waals surface area contributed by atoms with Crippen molar-refractivity contribution in [2.45, 2.75) is 6.54 Å². The zero-order valence-electron chi connectivity index (χ0n) is 24.7. The normalized spacial score (nSPS) is 14.8. The summed E-state index contributed by atoms with van der Waals surface area (Å²) in [6, 6.07) is 33.8. The molecule has 8 nitrogen and oxygen atoms in total. The van der Waals surface area contributed by atoms with Gasteiger partial charge in [-0.2, -0.15) is 5.10 Å². The van der Waals surface area contributed by atoms with Gasteiger partial charge in [-0.15, -0.1) is 5.10 Å². The number of thioether (sulfide) groups is 1. The van der Waals surface area contributed by atoms with E-state index >= 15 is 0 Å². The summed E-state index contributed by atoms with van der Waals surface area (Å²) in [7, 11) is 0. The van der Waals surface area contributed by atoms with Crippen molar-refractivity contribution in [3.63, 3.8) is 0 Å². The minimum atomic E-state index is -0.341. The molecule has 0 radical (unpaired) electrons. The van der Waals surface area contributed by atoms with E-state index in [1.807, 2.05) is 48.5 Å². The molecule has 2 amide bonds. The molecule has 4 aromatic carbocycles. The highest BCUT2D eigenvalue weighted by atomic mass is 79.9. The smallest absolute Gasteiger partial charge is 0.267 e. The Kier molecular flexibility index (Phi) is 10.3. The number of benzene rings is 4. The maximum atomic E-state index is 13.7. The molecule has 5 aromatic rings. The Morgan fingerprint density at radius 2 is 1.72 bits per heavy atom. The predicted molar refractivity (Wildman–Crippen MR) is 191 cm³/mol. The number of carbonyl (C=O) groups is 2. The zero-order chi connectivity index (χ0) is 32.6. The number of anilines is 1. The SMILES string of the molecule is O=C(COc1ccc(Br)cc1/C=C1\S/C(=N/N=C\c2ccc(-c3ccccc3)cc2)N(Cc2ccco2)C1=O)Nc1ccc(Cl)cc1. The van der Waals surface area contributed by atoms with Gasteiger partial charge >= 0.3 is 0 Å². The van der Waals surface area contributed by atoms with Crippen molar-refractivity contribution >= 4 is 74.3 Å². The number of furan rings is 1. The summed E-state index contributed by atoms with van der Waals surface area (Å²) in [5.74, 6) is 0.428. The zero-order valence-corrected chi connectivity index (χ0v) is 27.8. The first-order valence-corrected chi connectivity index (χ1v) is 16.4. The third-order valence-corrected chi connectivity index (χ3v) is 8.64. The molecule has 0 bridgehead atoms. The summed E-state index contributed by atoms with van der Waals surface area (Å²) >= 11 is 10.6. The number of carbonyl (C=O) groups excluding carboxylic acids is 2. The Morgan fingerprint density at radius 3 is 2.47 bits per heavy atom. The fourth-order valence-electron chi connectivity index (χ4n) is 4.60. The molecular formula is C36H26BrClN4O4S. The van der Waals surface area contributed by atoms with E-state index in [2.05, 4.69) is 43.6 Å². The van der Waals surface area contributed by atoms with Crippen LogP contribution in [0.1, 0.15) is 16.9 Å². The van der Waals surface area contributed by atoms with Gasteiger partial charge in [-0.05, 0) is 89.1 Å². The van der Waals surface area contributed by atoms with Crippen molar-refractivity contribution in [3.05, 3.63) is 147 Å². The fraction of sp³-hybridized carbons (Fsp3) is 0.0556. The molecule has 1 aliphatic heterocycles. The van der Waals surface area contributed by atoms with E-state index < -0.39 is 0 Å². The van der Waals surface area contributed by atoms with Crippen LogP contribution in [0.2, 0.25) is 5.02 Å². The number of hydrogen-bond acceptors (Lipinski definition) is 7. The van der Waals surface area contributed by atoms with Gasteiger partial charge in [-0.1, -0.05) is 82.1 Å². The number of nitrogens with one attached hydrogen (secondary N) is 1. The van der Waals surface area contributed by atoms with E-state index in [1.165, 1.54) is 16.7 Å². The van der Waals surface area contributed by atoms with Crippen LogP contribution in [0.15, 0.2) is 139 Å². The highest BCUT2D eigenvalue weighted by molar-refractivity contribution is 9.10. The van der Waals surface area contributed by atoms with Crippen LogP contribution in [-0.2, 0) is 16.1 Å². The van der Waals surface area contributed by atoms with Crippen molar-refractivity contribution in [1.82, 2.24) is 4.90 Å². The Bertz CT molecular complexity index is 1960. The van der Waals surface area contributed by atoms with E-state index in [-0.39, 0.29) is 25.0 Å². The summed E-state index contributed by atoms with van der Waals surface area (Å²) < 4.78 is 12.2. The lowest BCUT2D eigenvalue weighted by atomic mass is 10.0. The van der Waals surface area contributed by atoms with Crippen molar-refractivity contribution in [2.75, 3.05) is 11.9 Å². The summed E-state index contributed by atoms with van der Waals surface area (Å²) in [6.07, 6.45) is 4.92. The molecule has 47 heavy (non-hydrogen) atoms. The lowest BCUT2D eigenvalue weighted by Gasteiger charge is -2.13. The van der Waals surface area contributed by atoms with E-state index in [0.717, 1.165) is 21.2 Å². The van der Waals surface area contributed by atoms with Gasteiger partial charge in [0.1, 0.15) is 11.5 Å². The highest BCUT2D eigenvalue weighted by Crippen LogP contribution is 2.36. The molecule has 0 aliphatic carbocycles. The maximum absolute atomic E-state index is 13.7. The first kappa shape index (κ1) is 32.1. The average Bonchev–Trinajstić information content (AvgIpc) is 3.70. The number of amides is 2. The van der Waals surface area contributed by atoms with Crippen LogP contribution in [0.4, 0.5) is 5.69 Å². The van der Waals surface area contributed by atoms with Gasteiger partial charge in [0.2, 0.25) is 0 Å². The summed E-state index contributed by atoms with van der Waals surface area (Å²) in [4.78, 5) is 28.2. The van der Waals surface area contributed by atoms with Gasteiger partial charge in [-0.3, -0.25) is 14.5 Å². The molecule has 0 unspecified atom stereocenters. The number of hydrogen-bond donors (Lipinski definition) is 1. The van der Waals surface area contributed by atoms with Gasteiger partial charge < -0.3 is 14.5 Å². The van der Waals surface area contributed by atoms with Crippen LogP contribution in [0, 0.1) is 0 Å². The summed E-state index contributed by atoms with van der Waals surface area (Å²) in [5.41, 5.74) is 4.31. The van der Waals surface area contributed by atoms with Crippen LogP contribution in [-0.4, -0.2) is 34.7 Å². The van der Waals surface area contributed by atoms with Crippen molar-refractivity contribution in [3.8, 4) is 16.9 Å². The first-order chi connectivity index (χ1) is 22.9. The van der Waals surface area contributed by atoms with E-state index in [4.69, 9.17) is 20.8 Å². The van der Waals surface area contributed by atoms with Gasteiger partial charge in [0.25, 0.3) is 11.8 Å². The molecule has 1 N–H and O–H groups in total. The quantitative estimate of drug-likeness (QED) is 0.0882. The number of halogens is 2. The standard InChI is InChI=1S/C36H26BrClN4O4S/c37-28-12-17-32(46-23-34(43)40-30-15-13-29(38)14-16-30)27(19-28)20-33-35(44)42(22-31-7-4-18-45-31)36(47-33)41-39-21-24-8-10-26(11-9-24)25-5-2-1-3-6-25/h1-21H,22-23H2,(H,40,43)/b33-20-,39-21-,41-36+. The first-order valence-electron chi connectivity index (χ1n) is 14.4. The molecule has 2 heterocycles. The third-order valence-electron chi connectivity index (χ3n) is 6.90. The lowest BCUT2D eigenvalue weighted by Crippen LogP contribution is -2.28. The molecular weight excluding hydrogens is 700 g/mol. The second-order valence-electron chi connectivity index (χ2n) is 10.2. The van der Waals surface area contributed by atoms with Gasteiger partial charge in [0, 0.05) is 20.7 Å². The minimum Gasteiger partial charge on any atom is -0.483 e. The van der Waals surface area contributed by atoms with Crippen LogP contribution in [0.5, 0.6) is 5.75 Å². The third kappa shape index (κ3) is 8.48. The Balaban J connectivity index is 1.20. The monoisotopic (exact) mass is 724 g/mol. The Labute approximate surface area is 288 Å². The van der Waals surface area contributed by atoms with Crippen LogP contribution in [0.3, 0.4) is 0 Å². The van der Waals surface area contributed by atoms with Crippen molar-refractivity contribution < 1.29 is 18.7 Å². The molecule has 6 rings (SSSR count). The fourth-order valence-corrected chi connectivity index (χ4v) is 6.03. The van der Waals surface area contributed by atoms with Crippen LogP contribution in [0.25, 0.3) is 17.2 Å². The van der Waals surface area contributed by atoms with E-state index in [1.54, 1.807) is 67.1 Å². The number of amidine groups is 1. The lowest BCUT2D eigenvalue weighted by molar-refractivity contribution is -0.122. The van der Waals surface area contributed by atoms with Crippen molar-refractivity contribution in [1.29, 1.82) is 0 Å². The summed E-state index contributed by atoms with van der Waals surface area (Å²) in [5, 5.41) is 12.5. The molecule has 1 aliphatic rings. The second-order valence-corrected chi connectivity index (χ2v) is 12.6. The number of ether oxygens (including phenoxy) is 1. The Hall–Kier alpha value is -4.90. The number of rotatable bonds is 10. The van der Waals surface area contributed by atoms with Gasteiger partial charge in [-0.25, -0.2) is 0 Å². The van der Waals surface area contributed by atoms with Crippen LogP contribution >= 0.6 is 39.3 Å². The molecule has 234 valence electrons. The van der Waals surface area contributed by atoms with Crippen LogP contribution < -0.4 is 10.1 Å². The molecule has 0 spiro atoms. The van der Waals surface area contributed by atoms with Crippen molar-refractivity contribution in [2.24, 2.45) is 10.2 Å². The summed E-state index contributed by atoms with van der Waals surface area (Å²) in [6.45, 7) is -0.0527. The van der Waals surface area contributed by atoms with E-state index in [0.29, 0.717) is 37.9 Å². The maximum Gasteiger partial charge on any atom is 0.267 e. The minimum absolute atomic E-state index is 0.184. The Morgan fingerprint density at radius 1 is 0.957 bits per heavy atom. The average molecular weight is 726 g/mol. The molecule has 0 atom stereocenters. The molecule has 11 heteroatoms. The van der Waals surface area contributed by atoms with Gasteiger partial charge in [0.15, 0.2) is 11.8 Å². The van der Waals surface area contributed by atoms with E-state index in [9.17, 15) is 9.59 Å². The second kappa shape index (κ2) is 15.1.